The van der Waals surface area contributed by atoms with Gasteiger partial charge in [0, 0.05) is 19.1 Å². The van der Waals surface area contributed by atoms with Crippen molar-refractivity contribution < 1.29 is 31.5 Å². The molecule has 0 unspecified atom stereocenters. The minimum absolute atomic E-state index is 0.0632. The molecule has 34 heavy (non-hydrogen) atoms. The van der Waals surface area contributed by atoms with E-state index in [1.165, 1.54) is 6.20 Å². The number of H-pyrrole nitrogens is 1. The van der Waals surface area contributed by atoms with Crippen molar-refractivity contribution in [3.8, 4) is 0 Å². The molecule has 1 atom stereocenters. The maximum absolute atomic E-state index is 12.3. The molecule has 2 fully saturated rings. The number of aromatic amines is 1. The Kier molecular flexibility index (Phi) is 7.05. The molecule has 15 heteroatoms. The summed E-state index contributed by atoms with van der Waals surface area (Å²) in [5.41, 5.74) is 0.566. The largest absolute Gasteiger partial charge is 0.425 e. The van der Waals surface area contributed by atoms with Gasteiger partial charge in [0.1, 0.15) is 0 Å². The molecule has 4 rings (SSSR count). The fourth-order valence-electron chi connectivity index (χ4n) is 4.26. The molecule has 190 valence electrons. The molecule has 3 N–H and O–H groups in total. The molecule has 1 saturated heterocycles. The van der Waals surface area contributed by atoms with Crippen molar-refractivity contribution in [2.75, 3.05) is 30.3 Å². The first kappa shape index (κ1) is 24.7. The Labute approximate surface area is 194 Å². The summed E-state index contributed by atoms with van der Waals surface area (Å²) in [6, 6.07) is -0.644. The second kappa shape index (κ2) is 9.70. The van der Waals surface area contributed by atoms with E-state index in [9.17, 15) is 26.8 Å². The average Bonchev–Trinajstić information content (AvgIpc) is 3.16. The molecular weight excluding hydrogens is 479 g/mol. The van der Waals surface area contributed by atoms with Crippen LogP contribution < -0.4 is 15.2 Å². The van der Waals surface area contributed by atoms with Gasteiger partial charge in [-0.3, -0.25) is 5.10 Å². The first-order chi connectivity index (χ1) is 16.0. The number of hydrogen-bond acceptors (Lipinski definition) is 8. The van der Waals surface area contributed by atoms with E-state index in [1.807, 2.05) is 6.92 Å². The van der Waals surface area contributed by atoms with Crippen LogP contribution in [0.2, 0.25) is 0 Å². The molecule has 0 bridgehead atoms. The third-order valence-corrected chi connectivity index (χ3v) is 7.40. The van der Waals surface area contributed by atoms with Gasteiger partial charge >= 0.3 is 6.18 Å². The maximum Gasteiger partial charge on any atom is 0.390 e. The van der Waals surface area contributed by atoms with E-state index >= 15 is 0 Å². The first-order valence-corrected chi connectivity index (χ1v) is 12.8. The quantitative estimate of drug-likeness (QED) is 0.501. The lowest BCUT2D eigenvalue weighted by molar-refractivity contribution is -0.130. The Balaban J connectivity index is 1.40. The van der Waals surface area contributed by atoms with E-state index in [0.717, 1.165) is 4.73 Å². The fraction of sp³-hybridized carbons (Fsp3) is 0.737. The summed E-state index contributed by atoms with van der Waals surface area (Å²) in [4.78, 5) is 10.9. The van der Waals surface area contributed by atoms with Crippen molar-refractivity contribution in [2.24, 2.45) is 4.99 Å². The number of halogens is 3. The van der Waals surface area contributed by atoms with Crippen molar-refractivity contribution in [1.82, 2.24) is 24.6 Å². The van der Waals surface area contributed by atoms with E-state index in [4.69, 9.17) is 4.74 Å². The molecule has 1 aliphatic heterocycles. The van der Waals surface area contributed by atoms with Crippen LogP contribution in [0.3, 0.4) is 0 Å². The van der Waals surface area contributed by atoms with Crippen LogP contribution in [0.4, 0.5) is 19.0 Å². The van der Waals surface area contributed by atoms with Gasteiger partial charge in [-0.25, -0.2) is 18.1 Å². The third kappa shape index (κ3) is 6.18. The number of rotatable bonds is 6. The van der Waals surface area contributed by atoms with E-state index in [2.05, 4.69) is 29.8 Å². The minimum atomic E-state index is -4.52. The summed E-state index contributed by atoms with van der Waals surface area (Å²) in [6.45, 7) is 3.90. The molecule has 1 saturated carbocycles. The second-order valence-electron chi connectivity index (χ2n) is 8.76. The number of nitrogens with one attached hydrogen (secondary N) is 2. The van der Waals surface area contributed by atoms with Crippen molar-refractivity contribution >= 4 is 26.9 Å². The minimum Gasteiger partial charge on any atom is -0.425 e. The molecule has 11 nitrogen and oxygen atoms in total. The van der Waals surface area contributed by atoms with Crippen LogP contribution in [0.15, 0.2) is 11.2 Å². The van der Waals surface area contributed by atoms with E-state index < -0.39 is 34.4 Å². The standard InChI is InChI=1S/C19H28F3N7O4S/c1-12-10-28(7-8-33-12)17-15-11-29(30)18(24-16(15)25-26-17)23-13-2-4-14(5-3-13)27-34(31,32)9-6-19(20,21)22/h11-14,27,30H,2-10H2,1H3,(H,23,24,25)/t12-,13?,14?/m0/s1. The zero-order valence-electron chi connectivity index (χ0n) is 18.6. The van der Waals surface area contributed by atoms with Crippen LogP contribution >= 0.6 is 0 Å². The van der Waals surface area contributed by atoms with Gasteiger partial charge in [-0.2, -0.15) is 28.0 Å². The third-order valence-electron chi connectivity index (χ3n) is 5.97. The van der Waals surface area contributed by atoms with E-state index in [1.54, 1.807) is 0 Å². The van der Waals surface area contributed by atoms with Crippen LogP contribution in [0.1, 0.15) is 39.0 Å². The molecule has 0 amide bonds. The molecule has 0 spiro atoms. The fourth-order valence-corrected chi connectivity index (χ4v) is 5.62. The Morgan fingerprint density at radius 2 is 2.06 bits per heavy atom. The molecule has 0 aromatic carbocycles. The smallest absolute Gasteiger partial charge is 0.390 e. The topological polar surface area (TPSA) is 138 Å². The zero-order chi connectivity index (χ0) is 24.5. The lowest BCUT2D eigenvalue weighted by atomic mass is 9.92. The predicted molar refractivity (Wildman–Crippen MR) is 116 cm³/mol. The summed E-state index contributed by atoms with van der Waals surface area (Å²) in [6.07, 6.45) is -2.47. The first-order valence-electron chi connectivity index (χ1n) is 11.1. The Morgan fingerprint density at radius 3 is 2.74 bits per heavy atom. The van der Waals surface area contributed by atoms with Crippen molar-refractivity contribution in [1.29, 1.82) is 0 Å². The monoisotopic (exact) mass is 507 g/mol. The number of morpholine rings is 1. The molecule has 2 aliphatic rings. The highest BCUT2D eigenvalue weighted by Crippen LogP contribution is 2.25. The maximum atomic E-state index is 12.3. The SMILES string of the molecule is C[C@H]1CN(c2n[nH]c3nc(=NC4CCC(NS(=O)(=O)CCC(F)(F)F)CC4)n(O)cc23)CCO1. The number of hydrogen-bond donors (Lipinski definition) is 3. The predicted octanol–water partition coefficient (Wildman–Crippen LogP) is 1.31. The van der Waals surface area contributed by atoms with Crippen molar-refractivity contribution in [3.05, 3.63) is 11.8 Å². The average molecular weight is 508 g/mol. The number of anilines is 1. The summed E-state index contributed by atoms with van der Waals surface area (Å²) in [7, 11) is -4.01. The molecule has 3 heterocycles. The highest BCUT2D eigenvalue weighted by Gasteiger charge is 2.31. The van der Waals surface area contributed by atoms with Gasteiger partial charge in [0.25, 0.3) is 5.62 Å². The number of fused-ring (bicyclic) bond motifs is 1. The van der Waals surface area contributed by atoms with Crippen LogP contribution in [-0.4, -0.2) is 83.3 Å². The summed E-state index contributed by atoms with van der Waals surface area (Å²) in [5, 5.41) is 18.3. The van der Waals surface area contributed by atoms with Crippen molar-refractivity contribution in [2.45, 2.75) is 63.4 Å². The van der Waals surface area contributed by atoms with Crippen LogP contribution in [0.5, 0.6) is 0 Å². The number of nitrogens with zero attached hydrogens (tertiary/aromatic N) is 5. The van der Waals surface area contributed by atoms with Gasteiger partial charge in [0.2, 0.25) is 10.0 Å². The molecule has 2 aromatic rings. The Hall–Kier alpha value is -2.39. The summed E-state index contributed by atoms with van der Waals surface area (Å²) in [5.74, 6) is -0.310. The normalized spacial score (nSPS) is 25.2. The number of aromatic nitrogens is 4. The summed E-state index contributed by atoms with van der Waals surface area (Å²) < 4.78 is 69.6. The summed E-state index contributed by atoms with van der Waals surface area (Å²) >= 11 is 0. The Morgan fingerprint density at radius 1 is 1.32 bits per heavy atom. The van der Waals surface area contributed by atoms with E-state index in [0.29, 0.717) is 62.2 Å². The molecular formula is C19H28F3N7O4S. The zero-order valence-corrected chi connectivity index (χ0v) is 19.4. The van der Waals surface area contributed by atoms with Gasteiger partial charge in [-0.05, 0) is 32.6 Å². The number of ether oxygens (including phenoxy) is 1. The van der Waals surface area contributed by atoms with Gasteiger partial charge in [0.05, 0.1) is 42.5 Å². The van der Waals surface area contributed by atoms with Crippen LogP contribution in [0.25, 0.3) is 11.0 Å². The number of alkyl halides is 3. The molecule has 1 aliphatic carbocycles. The molecule has 0 radical (unpaired) electrons. The van der Waals surface area contributed by atoms with Gasteiger partial charge in [-0.1, -0.05) is 0 Å². The van der Waals surface area contributed by atoms with Gasteiger partial charge in [-0.15, -0.1) is 0 Å². The Bertz CT molecular complexity index is 1170. The van der Waals surface area contributed by atoms with E-state index in [-0.39, 0.29) is 17.8 Å². The highest BCUT2D eigenvalue weighted by molar-refractivity contribution is 7.89. The second-order valence-corrected chi connectivity index (χ2v) is 10.6. The van der Waals surface area contributed by atoms with Crippen LogP contribution in [-0.2, 0) is 14.8 Å². The van der Waals surface area contributed by atoms with Crippen molar-refractivity contribution in [3.63, 3.8) is 0 Å². The van der Waals surface area contributed by atoms with Crippen LogP contribution in [0, 0.1) is 0 Å². The number of sulfonamides is 1. The highest BCUT2D eigenvalue weighted by atomic mass is 32.2. The molecule has 2 aromatic heterocycles. The van der Waals surface area contributed by atoms with Gasteiger partial charge in [0.15, 0.2) is 11.5 Å². The van der Waals surface area contributed by atoms with Gasteiger partial charge < -0.3 is 14.8 Å². The lowest BCUT2D eigenvalue weighted by Crippen LogP contribution is -2.41. The lowest BCUT2D eigenvalue weighted by Gasteiger charge is -2.31.